The highest BCUT2D eigenvalue weighted by molar-refractivity contribution is 7.49. The Morgan fingerprint density at radius 3 is 1.90 bits per heavy atom. The van der Waals surface area contributed by atoms with Gasteiger partial charge in [-0.3, -0.25) is 0 Å². The van der Waals surface area contributed by atoms with Crippen molar-refractivity contribution in [3.8, 4) is 0 Å². The summed E-state index contributed by atoms with van der Waals surface area (Å²) in [7, 11) is -3.91. The van der Waals surface area contributed by atoms with Crippen LogP contribution in [0.4, 0.5) is 0 Å². The van der Waals surface area contributed by atoms with E-state index in [1.165, 1.54) is 4.67 Å². The molecule has 5 heteroatoms. The molecule has 2 N–H and O–H groups in total. The quantitative estimate of drug-likeness (QED) is 0.557. The Bertz CT molecular complexity index is 149. The average molecular weight is 165 g/mol. The van der Waals surface area contributed by atoms with Crippen LogP contribution in [-0.2, 0) is 4.57 Å². The number of hydrogen-bond donors (Lipinski definition) is 2. The molecular weight excluding hydrogens is 153 g/mol. The first kappa shape index (κ1) is 8.21. The summed E-state index contributed by atoms with van der Waals surface area (Å²) in [5.41, 5.74) is 0. The summed E-state index contributed by atoms with van der Waals surface area (Å²) in [5.74, 6) is 0. The molecule has 10 heavy (non-hydrogen) atoms. The van der Waals surface area contributed by atoms with Gasteiger partial charge in [0.1, 0.15) is 0 Å². The summed E-state index contributed by atoms with van der Waals surface area (Å²) in [6.45, 7) is 1.09. The van der Waals surface area contributed by atoms with E-state index in [4.69, 9.17) is 9.79 Å². The van der Waals surface area contributed by atoms with Crippen molar-refractivity contribution in [1.82, 2.24) is 4.67 Å². The van der Waals surface area contributed by atoms with Crippen molar-refractivity contribution in [2.75, 3.05) is 13.1 Å². The molecule has 0 aromatic rings. The van der Waals surface area contributed by atoms with E-state index in [1.54, 1.807) is 0 Å². The van der Waals surface area contributed by atoms with E-state index in [0.29, 0.717) is 13.1 Å². The molecule has 60 valence electrons. The van der Waals surface area contributed by atoms with Gasteiger partial charge in [-0.25, -0.2) is 9.24 Å². The molecule has 0 spiro atoms. The van der Waals surface area contributed by atoms with Gasteiger partial charge in [0.15, 0.2) is 0 Å². The zero-order chi connectivity index (χ0) is 7.61. The fraction of sp³-hybridized carbons (Fsp3) is 1.00. The van der Waals surface area contributed by atoms with Gasteiger partial charge in [-0.05, 0) is 12.8 Å². The summed E-state index contributed by atoms with van der Waals surface area (Å²) < 4.78 is 11.9. The molecule has 1 rings (SSSR count). The standard InChI is InChI=1S/C5H12NO3P/c7-10(8,9)6-4-2-1-3-5-6/h1-5H2,(H2,7,8,9). The van der Waals surface area contributed by atoms with E-state index in [1.807, 2.05) is 0 Å². The zero-order valence-electron chi connectivity index (χ0n) is 5.73. The van der Waals surface area contributed by atoms with Gasteiger partial charge in [-0.2, -0.15) is 0 Å². The molecule has 0 saturated carbocycles. The topological polar surface area (TPSA) is 60.8 Å². The predicted molar refractivity (Wildman–Crippen MR) is 37.5 cm³/mol. The minimum Gasteiger partial charge on any atom is -0.312 e. The van der Waals surface area contributed by atoms with Crippen LogP contribution in [0.5, 0.6) is 0 Å². The normalized spacial score (nSPS) is 23.0. The van der Waals surface area contributed by atoms with E-state index in [2.05, 4.69) is 0 Å². The van der Waals surface area contributed by atoms with Gasteiger partial charge in [0, 0.05) is 13.1 Å². The van der Waals surface area contributed by atoms with Crippen molar-refractivity contribution in [2.24, 2.45) is 0 Å². The first-order chi connectivity index (χ1) is 4.61. The molecule has 1 saturated heterocycles. The Balaban J connectivity index is 2.47. The molecular formula is C5H12NO3P. The first-order valence-electron chi connectivity index (χ1n) is 3.42. The molecule has 1 aliphatic rings. The average Bonchev–Trinajstić information content (AvgIpc) is 1.88. The Hall–Kier alpha value is 0.110. The Morgan fingerprint density at radius 2 is 1.60 bits per heavy atom. The largest absolute Gasteiger partial charge is 0.402 e. The molecule has 1 fully saturated rings. The lowest BCUT2D eigenvalue weighted by Gasteiger charge is -2.26. The minimum atomic E-state index is -3.91. The third kappa shape index (κ3) is 2.06. The van der Waals surface area contributed by atoms with Crippen LogP contribution in [0.25, 0.3) is 0 Å². The fourth-order valence-corrected chi connectivity index (χ4v) is 1.94. The highest BCUT2D eigenvalue weighted by Gasteiger charge is 2.25. The van der Waals surface area contributed by atoms with E-state index in [-0.39, 0.29) is 0 Å². The van der Waals surface area contributed by atoms with Crippen LogP contribution in [0.3, 0.4) is 0 Å². The lowest BCUT2D eigenvalue weighted by Crippen LogP contribution is -2.26. The van der Waals surface area contributed by atoms with E-state index >= 15 is 0 Å². The SMILES string of the molecule is O=P(O)(O)N1CCCCC1. The molecule has 0 atom stereocenters. The second kappa shape index (κ2) is 3.01. The minimum absolute atomic E-state index is 0.546. The first-order valence-corrected chi connectivity index (χ1v) is 4.98. The van der Waals surface area contributed by atoms with Gasteiger partial charge in [-0.1, -0.05) is 6.42 Å². The van der Waals surface area contributed by atoms with Crippen molar-refractivity contribution in [3.05, 3.63) is 0 Å². The summed E-state index contributed by atoms with van der Waals surface area (Å²) >= 11 is 0. The monoisotopic (exact) mass is 165 g/mol. The van der Waals surface area contributed by atoms with Crippen molar-refractivity contribution < 1.29 is 14.4 Å². The third-order valence-electron chi connectivity index (χ3n) is 1.70. The Morgan fingerprint density at radius 1 is 1.10 bits per heavy atom. The van der Waals surface area contributed by atoms with Crippen molar-refractivity contribution in [3.63, 3.8) is 0 Å². The van der Waals surface area contributed by atoms with Crippen molar-refractivity contribution >= 4 is 7.75 Å². The molecule has 1 aliphatic heterocycles. The predicted octanol–water partition coefficient (Wildman–Crippen LogP) is 0.565. The second-order valence-corrected chi connectivity index (χ2v) is 4.12. The van der Waals surface area contributed by atoms with Crippen LogP contribution in [0.2, 0.25) is 0 Å². The maximum Gasteiger partial charge on any atom is 0.402 e. The molecule has 1 heterocycles. The van der Waals surface area contributed by atoms with Gasteiger partial charge in [0.05, 0.1) is 0 Å². The Labute approximate surface area is 60.1 Å². The van der Waals surface area contributed by atoms with Crippen LogP contribution >= 0.6 is 7.75 Å². The smallest absolute Gasteiger partial charge is 0.312 e. The van der Waals surface area contributed by atoms with E-state index in [9.17, 15) is 4.57 Å². The van der Waals surface area contributed by atoms with Crippen LogP contribution in [0.15, 0.2) is 0 Å². The number of hydrogen-bond acceptors (Lipinski definition) is 1. The maximum absolute atomic E-state index is 10.6. The molecule has 0 aliphatic carbocycles. The summed E-state index contributed by atoms with van der Waals surface area (Å²) in [6.07, 6.45) is 2.91. The Kier molecular flexibility index (Phi) is 2.47. The van der Waals surface area contributed by atoms with Crippen LogP contribution in [-0.4, -0.2) is 27.5 Å². The highest BCUT2D eigenvalue weighted by Crippen LogP contribution is 2.41. The number of rotatable bonds is 1. The molecule has 0 aromatic heterocycles. The highest BCUT2D eigenvalue weighted by atomic mass is 31.2. The molecule has 4 nitrogen and oxygen atoms in total. The third-order valence-corrected chi connectivity index (χ3v) is 2.84. The van der Waals surface area contributed by atoms with Gasteiger partial charge in [-0.15, -0.1) is 0 Å². The lowest BCUT2D eigenvalue weighted by molar-refractivity contribution is 0.245. The van der Waals surface area contributed by atoms with Crippen LogP contribution in [0.1, 0.15) is 19.3 Å². The molecule has 0 amide bonds. The summed E-state index contributed by atoms with van der Waals surface area (Å²) in [6, 6.07) is 0. The van der Waals surface area contributed by atoms with Crippen molar-refractivity contribution in [2.45, 2.75) is 19.3 Å². The van der Waals surface area contributed by atoms with Crippen LogP contribution < -0.4 is 0 Å². The van der Waals surface area contributed by atoms with Gasteiger partial charge in [0.2, 0.25) is 0 Å². The number of nitrogens with zero attached hydrogens (tertiary/aromatic N) is 1. The van der Waals surface area contributed by atoms with Gasteiger partial charge < -0.3 is 9.79 Å². The molecule has 0 bridgehead atoms. The zero-order valence-corrected chi connectivity index (χ0v) is 6.63. The molecule has 0 unspecified atom stereocenters. The van der Waals surface area contributed by atoms with Crippen molar-refractivity contribution in [1.29, 1.82) is 0 Å². The summed E-state index contributed by atoms with van der Waals surface area (Å²) in [4.78, 5) is 17.4. The van der Waals surface area contributed by atoms with E-state index in [0.717, 1.165) is 19.3 Å². The number of piperidine rings is 1. The summed E-state index contributed by atoms with van der Waals surface area (Å²) in [5, 5.41) is 0. The fourth-order valence-electron chi connectivity index (χ4n) is 1.14. The van der Waals surface area contributed by atoms with Gasteiger partial charge in [0.25, 0.3) is 0 Å². The van der Waals surface area contributed by atoms with E-state index < -0.39 is 7.75 Å². The maximum atomic E-state index is 10.6. The molecule has 0 aromatic carbocycles. The van der Waals surface area contributed by atoms with Gasteiger partial charge >= 0.3 is 7.75 Å². The lowest BCUT2D eigenvalue weighted by atomic mass is 10.2. The molecule has 0 radical (unpaired) electrons. The second-order valence-electron chi connectivity index (χ2n) is 2.53. The van der Waals surface area contributed by atoms with Crippen LogP contribution in [0, 0.1) is 0 Å².